The van der Waals surface area contributed by atoms with Crippen LogP contribution in [0.2, 0.25) is 0 Å². The van der Waals surface area contributed by atoms with Gasteiger partial charge in [-0.25, -0.2) is 13.6 Å². The molecule has 1 amide bonds. The van der Waals surface area contributed by atoms with Gasteiger partial charge in [-0.05, 0) is 25.1 Å². The van der Waals surface area contributed by atoms with E-state index in [0.29, 0.717) is 12.4 Å². The summed E-state index contributed by atoms with van der Waals surface area (Å²) in [6, 6.07) is 3.26. The third-order valence-corrected chi connectivity index (χ3v) is 2.89. The summed E-state index contributed by atoms with van der Waals surface area (Å²) in [7, 11) is 0. The van der Waals surface area contributed by atoms with E-state index in [-0.39, 0.29) is 24.4 Å². The average molecular weight is 297 g/mol. The monoisotopic (exact) mass is 297 g/mol. The van der Waals surface area contributed by atoms with E-state index in [4.69, 9.17) is 9.63 Å². The van der Waals surface area contributed by atoms with Crippen LogP contribution in [0.25, 0.3) is 11.5 Å². The zero-order chi connectivity index (χ0) is 15.4. The Kier molecular flexibility index (Phi) is 4.46. The fraction of sp³-hybridized carbons (Fsp3) is 0.308. The van der Waals surface area contributed by atoms with Gasteiger partial charge in [0.2, 0.25) is 0 Å². The highest BCUT2D eigenvalue weighted by Crippen LogP contribution is 2.19. The van der Waals surface area contributed by atoms with Gasteiger partial charge in [0.15, 0.2) is 17.5 Å². The molecule has 0 aliphatic carbocycles. The largest absolute Gasteiger partial charge is 0.465 e. The molecule has 0 saturated heterocycles. The molecule has 112 valence electrons. The van der Waals surface area contributed by atoms with E-state index in [1.54, 1.807) is 6.92 Å². The number of hydrogen-bond donors (Lipinski definition) is 1. The fourth-order valence-corrected chi connectivity index (χ4v) is 1.73. The molecule has 0 aliphatic rings. The maximum atomic E-state index is 13.1. The van der Waals surface area contributed by atoms with Crippen LogP contribution in [0.4, 0.5) is 13.6 Å². The molecule has 8 heteroatoms. The molecule has 1 aromatic heterocycles. The van der Waals surface area contributed by atoms with Gasteiger partial charge in [0, 0.05) is 25.1 Å². The van der Waals surface area contributed by atoms with Crippen molar-refractivity contribution in [3.05, 3.63) is 35.7 Å². The summed E-state index contributed by atoms with van der Waals surface area (Å²) in [5, 5.41) is 12.6. The fourth-order valence-electron chi connectivity index (χ4n) is 1.73. The number of carbonyl (C=O) groups is 1. The van der Waals surface area contributed by atoms with E-state index < -0.39 is 17.7 Å². The second-order valence-corrected chi connectivity index (χ2v) is 4.26. The van der Waals surface area contributed by atoms with Crippen molar-refractivity contribution < 1.29 is 23.2 Å². The van der Waals surface area contributed by atoms with Crippen LogP contribution in [-0.2, 0) is 6.42 Å². The lowest BCUT2D eigenvalue weighted by molar-refractivity contribution is 0.148. The van der Waals surface area contributed by atoms with Crippen molar-refractivity contribution in [1.82, 2.24) is 15.0 Å². The highest BCUT2D eigenvalue weighted by atomic mass is 19.2. The molecule has 0 saturated carbocycles. The Hall–Kier alpha value is -2.51. The van der Waals surface area contributed by atoms with Crippen LogP contribution in [0.5, 0.6) is 0 Å². The number of carboxylic acid groups (broad SMARTS) is 1. The van der Waals surface area contributed by atoms with Crippen LogP contribution in [0.3, 0.4) is 0 Å². The van der Waals surface area contributed by atoms with Crippen LogP contribution in [-0.4, -0.2) is 39.3 Å². The van der Waals surface area contributed by atoms with Crippen molar-refractivity contribution in [2.75, 3.05) is 13.1 Å². The van der Waals surface area contributed by atoms with Gasteiger partial charge in [-0.15, -0.1) is 0 Å². The molecule has 1 N–H and O–H groups in total. The Labute approximate surface area is 119 Å². The van der Waals surface area contributed by atoms with Gasteiger partial charge < -0.3 is 14.5 Å². The summed E-state index contributed by atoms with van der Waals surface area (Å²) in [6.45, 7) is 2.29. The highest BCUT2D eigenvalue weighted by Gasteiger charge is 2.14. The predicted molar refractivity (Wildman–Crippen MR) is 68.6 cm³/mol. The molecule has 21 heavy (non-hydrogen) atoms. The summed E-state index contributed by atoms with van der Waals surface area (Å²) < 4.78 is 30.9. The molecule has 2 rings (SSSR count). The molecular formula is C13H13F2N3O3. The summed E-state index contributed by atoms with van der Waals surface area (Å²) in [4.78, 5) is 16.1. The van der Waals surface area contributed by atoms with E-state index in [1.165, 1.54) is 11.0 Å². The first-order valence-electron chi connectivity index (χ1n) is 6.27. The number of likely N-dealkylation sites (N-methyl/N-ethyl adjacent to an activating group) is 1. The zero-order valence-corrected chi connectivity index (χ0v) is 11.2. The van der Waals surface area contributed by atoms with E-state index in [0.717, 1.165) is 12.1 Å². The first-order chi connectivity index (χ1) is 10.0. The summed E-state index contributed by atoms with van der Waals surface area (Å²) in [5.41, 5.74) is 0.262. The quantitative estimate of drug-likeness (QED) is 0.917. The lowest BCUT2D eigenvalue weighted by Gasteiger charge is -2.14. The molecule has 0 radical (unpaired) electrons. The first kappa shape index (κ1) is 14.9. The number of rotatable bonds is 5. The standard InChI is InChI=1S/C13H13F2N3O3/c1-2-18(13(19)20)6-5-11-16-12(21-17-11)8-3-4-9(14)10(15)7-8/h3-4,7H,2,5-6H2,1H3,(H,19,20). The summed E-state index contributed by atoms with van der Waals surface area (Å²) in [6.07, 6.45) is -0.755. The van der Waals surface area contributed by atoms with Crippen molar-refractivity contribution in [3.8, 4) is 11.5 Å². The van der Waals surface area contributed by atoms with Crippen molar-refractivity contribution in [2.45, 2.75) is 13.3 Å². The Bertz CT molecular complexity index is 645. The third-order valence-electron chi connectivity index (χ3n) is 2.89. The number of hydrogen-bond acceptors (Lipinski definition) is 4. The molecule has 0 atom stereocenters. The number of nitrogens with zero attached hydrogens (tertiary/aromatic N) is 3. The number of halogens is 2. The van der Waals surface area contributed by atoms with E-state index in [2.05, 4.69) is 10.1 Å². The van der Waals surface area contributed by atoms with Gasteiger partial charge in [0.25, 0.3) is 5.89 Å². The highest BCUT2D eigenvalue weighted by molar-refractivity contribution is 5.64. The topological polar surface area (TPSA) is 79.5 Å². The molecule has 0 unspecified atom stereocenters. The molecule has 6 nitrogen and oxygen atoms in total. The van der Waals surface area contributed by atoms with Crippen LogP contribution in [0.15, 0.2) is 22.7 Å². The molecule has 2 aromatic rings. The van der Waals surface area contributed by atoms with Crippen LogP contribution >= 0.6 is 0 Å². The molecule has 1 aromatic carbocycles. The average Bonchev–Trinajstić information content (AvgIpc) is 2.91. The van der Waals surface area contributed by atoms with Gasteiger partial charge in [0.1, 0.15) is 0 Å². The van der Waals surface area contributed by atoms with Gasteiger partial charge in [-0.2, -0.15) is 4.98 Å². The van der Waals surface area contributed by atoms with Crippen molar-refractivity contribution in [1.29, 1.82) is 0 Å². The maximum Gasteiger partial charge on any atom is 0.407 e. The Morgan fingerprint density at radius 3 is 2.76 bits per heavy atom. The Balaban J connectivity index is 2.07. The molecule has 0 aliphatic heterocycles. The zero-order valence-electron chi connectivity index (χ0n) is 11.2. The molecule has 1 heterocycles. The maximum absolute atomic E-state index is 13.1. The van der Waals surface area contributed by atoms with Crippen LogP contribution < -0.4 is 0 Å². The summed E-state index contributed by atoms with van der Waals surface area (Å²) >= 11 is 0. The predicted octanol–water partition coefficient (Wildman–Crippen LogP) is 2.56. The minimum Gasteiger partial charge on any atom is -0.465 e. The second kappa shape index (κ2) is 6.29. The van der Waals surface area contributed by atoms with Gasteiger partial charge in [-0.1, -0.05) is 5.16 Å². The van der Waals surface area contributed by atoms with Gasteiger partial charge in [-0.3, -0.25) is 0 Å². The Morgan fingerprint density at radius 1 is 1.38 bits per heavy atom. The van der Waals surface area contributed by atoms with E-state index in [9.17, 15) is 13.6 Å². The number of amides is 1. The first-order valence-corrected chi connectivity index (χ1v) is 6.27. The molecule has 0 spiro atoms. The van der Waals surface area contributed by atoms with Crippen molar-refractivity contribution in [3.63, 3.8) is 0 Å². The minimum atomic E-state index is -1.03. The molecular weight excluding hydrogens is 284 g/mol. The van der Waals surface area contributed by atoms with Crippen LogP contribution in [0.1, 0.15) is 12.7 Å². The normalized spacial score (nSPS) is 10.6. The smallest absolute Gasteiger partial charge is 0.407 e. The third kappa shape index (κ3) is 3.53. The molecule has 0 bridgehead atoms. The number of aromatic nitrogens is 2. The Morgan fingerprint density at radius 2 is 2.14 bits per heavy atom. The number of benzene rings is 1. The van der Waals surface area contributed by atoms with Crippen LogP contribution in [0, 0.1) is 11.6 Å². The second-order valence-electron chi connectivity index (χ2n) is 4.26. The SMILES string of the molecule is CCN(CCc1noc(-c2ccc(F)c(F)c2)n1)C(=O)O. The summed E-state index contributed by atoms with van der Waals surface area (Å²) in [5.74, 6) is -1.61. The lowest BCUT2D eigenvalue weighted by Crippen LogP contribution is -2.31. The van der Waals surface area contributed by atoms with Crippen molar-refractivity contribution >= 4 is 6.09 Å². The minimum absolute atomic E-state index is 0.0577. The van der Waals surface area contributed by atoms with Gasteiger partial charge >= 0.3 is 6.09 Å². The van der Waals surface area contributed by atoms with Gasteiger partial charge in [0.05, 0.1) is 0 Å². The lowest BCUT2D eigenvalue weighted by atomic mass is 10.2. The van der Waals surface area contributed by atoms with Crippen molar-refractivity contribution in [2.24, 2.45) is 0 Å². The van der Waals surface area contributed by atoms with E-state index in [1.807, 2.05) is 0 Å². The molecule has 0 fully saturated rings. The van der Waals surface area contributed by atoms with E-state index >= 15 is 0 Å².